The number of hydrogen-bond acceptors (Lipinski definition) is 3. The predicted molar refractivity (Wildman–Crippen MR) is 77.5 cm³/mol. The van der Waals surface area contributed by atoms with Gasteiger partial charge < -0.3 is 4.74 Å². The minimum atomic E-state index is -0.663. The Morgan fingerprint density at radius 3 is 2.65 bits per heavy atom. The fraction of sp³-hybridized carbons (Fsp3) is 0.529. The molecule has 106 valence electrons. The topological polar surface area (TPSA) is 50.1 Å². The molecule has 1 unspecified atom stereocenters. The lowest BCUT2D eigenvalue weighted by atomic mass is 9.77. The molecule has 1 atom stereocenters. The molecular weight excluding hydrogens is 250 g/mol. The number of ether oxygens (including phenoxy) is 1. The van der Waals surface area contributed by atoms with Gasteiger partial charge in [-0.05, 0) is 36.5 Å². The van der Waals surface area contributed by atoms with E-state index < -0.39 is 5.92 Å². The molecule has 2 rings (SSSR count). The van der Waals surface area contributed by atoms with Gasteiger partial charge in [-0.3, -0.25) is 4.79 Å². The van der Waals surface area contributed by atoms with Crippen molar-refractivity contribution in [3.63, 3.8) is 0 Å². The number of hydrogen-bond donors (Lipinski definition) is 0. The number of ketones is 1. The molecule has 0 radical (unpaired) electrons. The van der Waals surface area contributed by atoms with E-state index in [0.29, 0.717) is 11.7 Å². The molecular formula is C17H21NO2. The molecule has 0 aliphatic heterocycles. The Kier molecular flexibility index (Phi) is 4.79. The Labute approximate surface area is 120 Å². The molecule has 1 aliphatic carbocycles. The van der Waals surface area contributed by atoms with Crippen LogP contribution in [0.2, 0.25) is 0 Å². The van der Waals surface area contributed by atoms with E-state index in [9.17, 15) is 10.1 Å². The summed E-state index contributed by atoms with van der Waals surface area (Å²) in [5, 5.41) is 9.38. The maximum Gasteiger partial charge on any atom is 0.157 e. The van der Waals surface area contributed by atoms with Crippen LogP contribution >= 0.6 is 0 Å². The van der Waals surface area contributed by atoms with E-state index in [1.807, 2.05) is 18.2 Å². The first-order valence-corrected chi connectivity index (χ1v) is 7.23. The fourth-order valence-electron chi connectivity index (χ4n) is 2.90. The lowest BCUT2D eigenvalue weighted by molar-refractivity contribution is -0.124. The molecule has 1 aromatic rings. The maximum absolute atomic E-state index is 12.6. The molecule has 0 amide bonds. The van der Waals surface area contributed by atoms with Gasteiger partial charge in [0.1, 0.15) is 11.7 Å². The number of carbonyl (C=O) groups excluding carboxylic acids is 1. The number of Topliss-reactive ketones (excluding diaryl/α,β-unsaturated/α-hetero) is 1. The second-order valence-corrected chi connectivity index (χ2v) is 5.70. The molecule has 1 fully saturated rings. The van der Waals surface area contributed by atoms with Crippen LogP contribution in [0, 0.1) is 23.2 Å². The first-order chi connectivity index (χ1) is 9.65. The number of rotatable bonds is 4. The first kappa shape index (κ1) is 14.6. The van der Waals surface area contributed by atoms with Gasteiger partial charge in [0.25, 0.3) is 0 Å². The molecule has 1 saturated carbocycles. The number of nitrogens with zero attached hydrogens (tertiary/aromatic N) is 1. The monoisotopic (exact) mass is 271 g/mol. The van der Waals surface area contributed by atoms with Crippen molar-refractivity contribution >= 4 is 5.78 Å². The number of benzene rings is 1. The van der Waals surface area contributed by atoms with Gasteiger partial charge in [-0.25, -0.2) is 0 Å². The summed E-state index contributed by atoms with van der Waals surface area (Å²) in [6.45, 7) is 2.23. The van der Waals surface area contributed by atoms with Gasteiger partial charge in [0.05, 0.1) is 13.2 Å². The van der Waals surface area contributed by atoms with Gasteiger partial charge in [0.2, 0.25) is 0 Å². The lowest BCUT2D eigenvalue weighted by Crippen LogP contribution is -2.25. The fourth-order valence-corrected chi connectivity index (χ4v) is 2.90. The van der Waals surface area contributed by atoms with Crippen LogP contribution in [0.1, 0.15) is 44.1 Å². The van der Waals surface area contributed by atoms with Gasteiger partial charge in [0, 0.05) is 5.92 Å². The summed E-state index contributed by atoms with van der Waals surface area (Å²) < 4.78 is 5.17. The lowest BCUT2D eigenvalue weighted by Gasteiger charge is -2.26. The van der Waals surface area contributed by atoms with Crippen molar-refractivity contribution in [2.45, 2.75) is 38.5 Å². The molecule has 3 nitrogen and oxygen atoms in total. The normalized spacial score (nSPS) is 23.6. The average Bonchev–Trinajstić information content (AvgIpc) is 2.49. The van der Waals surface area contributed by atoms with E-state index in [1.165, 1.54) is 0 Å². The summed E-state index contributed by atoms with van der Waals surface area (Å²) in [4.78, 5) is 12.6. The third-order valence-corrected chi connectivity index (χ3v) is 4.26. The van der Waals surface area contributed by atoms with E-state index in [4.69, 9.17) is 4.74 Å². The van der Waals surface area contributed by atoms with E-state index >= 15 is 0 Å². The summed E-state index contributed by atoms with van der Waals surface area (Å²) >= 11 is 0. The van der Waals surface area contributed by atoms with Crippen molar-refractivity contribution in [1.29, 1.82) is 5.26 Å². The quantitative estimate of drug-likeness (QED) is 0.839. The van der Waals surface area contributed by atoms with Gasteiger partial charge >= 0.3 is 0 Å². The number of nitriles is 1. The van der Waals surface area contributed by atoms with Gasteiger partial charge in [0.15, 0.2) is 5.78 Å². The van der Waals surface area contributed by atoms with Crippen molar-refractivity contribution in [1.82, 2.24) is 0 Å². The highest BCUT2D eigenvalue weighted by Gasteiger charge is 2.30. The van der Waals surface area contributed by atoms with Crippen LogP contribution in [-0.2, 0) is 4.79 Å². The minimum Gasteiger partial charge on any atom is -0.497 e. The zero-order valence-electron chi connectivity index (χ0n) is 12.1. The smallest absolute Gasteiger partial charge is 0.157 e. The van der Waals surface area contributed by atoms with Gasteiger partial charge in [-0.2, -0.15) is 5.26 Å². The van der Waals surface area contributed by atoms with Gasteiger partial charge in [-0.15, -0.1) is 0 Å². The summed E-state index contributed by atoms with van der Waals surface area (Å²) in [5.41, 5.74) is 0.746. The second kappa shape index (κ2) is 6.56. The highest BCUT2D eigenvalue weighted by Crippen LogP contribution is 2.33. The number of methoxy groups -OCH3 is 1. The zero-order chi connectivity index (χ0) is 14.5. The van der Waals surface area contributed by atoms with E-state index in [2.05, 4.69) is 13.0 Å². The van der Waals surface area contributed by atoms with Crippen LogP contribution < -0.4 is 4.74 Å². The van der Waals surface area contributed by atoms with Crippen molar-refractivity contribution in [3.05, 3.63) is 29.8 Å². The van der Waals surface area contributed by atoms with Crippen molar-refractivity contribution in [2.24, 2.45) is 11.8 Å². The van der Waals surface area contributed by atoms with Crippen LogP contribution in [0.4, 0.5) is 0 Å². The maximum atomic E-state index is 12.6. The summed E-state index contributed by atoms with van der Waals surface area (Å²) in [7, 11) is 1.59. The Hall–Kier alpha value is -1.82. The van der Waals surface area contributed by atoms with E-state index in [1.54, 1.807) is 13.2 Å². The van der Waals surface area contributed by atoms with E-state index in [0.717, 1.165) is 31.2 Å². The molecule has 1 aliphatic rings. The van der Waals surface area contributed by atoms with Crippen LogP contribution in [0.3, 0.4) is 0 Å². The molecule has 0 bridgehead atoms. The largest absolute Gasteiger partial charge is 0.497 e. The van der Waals surface area contributed by atoms with Crippen molar-refractivity contribution < 1.29 is 9.53 Å². The van der Waals surface area contributed by atoms with Crippen LogP contribution in [0.15, 0.2) is 24.3 Å². The summed E-state index contributed by atoms with van der Waals surface area (Å²) in [6.07, 6.45) is 4.02. The molecule has 0 aromatic heterocycles. The van der Waals surface area contributed by atoms with Gasteiger partial charge in [-0.1, -0.05) is 31.9 Å². The third-order valence-electron chi connectivity index (χ3n) is 4.26. The zero-order valence-corrected chi connectivity index (χ0v) is 12.1. The Morgan fingerprint density at radius 2 is 2.05 bits per heavy atom. The molecule has 0 heterocycles. The highest BCUT2D eigenvalue weighted by molar-refractivity contribution is 5.90. The minimum absolute atomic E-state index is 0.0436. The molecule has 0 spiro atoms. The standard InChI is InChI=1S/C17H21NO2/c1-12-6-8-13(9-7-12)17(19)16(11-18)14-4-3-5-15(10-14)20-2/h3-5,10,12-13,16H,6-9H2,1-2H3. The molecule has 3 heteroatoms. The molecule has 1 aromatic carbocycles. The average molecular weight is 271 g/mol. The Bertz CT molecular complexity index is 510. The highest BCUT2D eigenvalue weighted by atomic mass is 16.5. The SMILES string of the molecule is COc1cccc(C(C#N)C(=O)C2CCC(C)CC2)c1. The van der Waals surface area contributed by atoms with E-state index in [-0.39, 0.29) is 11.7 Å². The summed E-state index contributed by atoms with van der Waals surface area (Å²) in [5.74, 6) is 0.849. The molecule has 0 N–H and O–H groups in total. The molecule has 0 saturated heterocycles. The third kappa shape index (κ3) is 3.19. The first-order valence-electron chi connectivity index (χ1n) is 7.23. The van der Waals surface area contributed by atoms with Crippen molar-refractivity contribution in [2.75, 3.05) is 7.11 Å². The van der Waals surface area contributed by atoms with Crippen LogP contribution in [0.5, 0.6) is 5.75 Å². The Morgan fingerprint density at radius 1 is 1.35 bits per heavy atom. The molecule has 20 heavy (non-hydrogen) atoms. The number of carbonyl (C=O) groups is 1. The van der Waals surface area contributed by atoms with Crippen LogP contribution in [-0.4, -0.2) is 12.9 Å². The van der Waals surface area contributed by atoms with Crippen LogP contribution in [0.25, 0.3) is 0 Å². The second-order valence-electron chi connectivity index (χ2n) is 5.70. The summed E-state index contributed by atoms with van der Waals surface area (Å²) in [6, 6.07) is 9.45. The Balaban J connectivity index is 2.15. The van der Waals surface area contributed by atoms with Crippen molar-refractivity contribution in [3.8, 4) is 11.8 Å². The predicted octanol–water partition coefficient (Wildman–Crippen LogP) is 3.70.